The summed E-state index contributed by atoms with van der Waals surface area (Å²) in [7, 11) is 0. The van der Waals surface area contributed by atoms with Crippen LogP contribution in [0, 0.1) is 24.7 Å². The molecule has 1 heteroatoms. The van der Waals surface area contributed by atoms with Gasteiger partial charge in [-0.2, -0.15) is 0 Å². The molecule has 1 aromatic rings. The molecule has 0 N–H and O–H groups in total. The van der Waals surface area contributed by atoms with E-state index < -0.39 is 0 Å². The van der Waals surface area contributed by atoms with Crippen molar-refractivity contribution in [2.75, 3.05) is 0 Å². The van der Waals surface area contributed by atoms with Crippen molar-refractivity contribution in [2.24, 2.45) is 10.8 Å². The maximum atomic E-state index is 12.0. The summed E-state index contributed by atoms with van der Waals surface area (Å²) in [6.45, 7) is 17.8. The Kier molecular flexibility index (Phi) is 5.41. The van der Waals surface area contributed by atoms with Crippen LogP contribution in [0.1, 0.15) is 77.0 Å². The lowest BCUT2D eigenvalue weighted by atomic mass is 9.68. The van der Waals surface area contributed by atoms with Gasteiger partial charge in [0, 0.05) is 0 Å². The molecule has 1 unspecified atom stereocenters. The molecule has 0 aliphatic heterocycles. The van der Waals surface area contributed by atoms with Crippen LogP contribution in [0.5, 0.6) is 0 Å². The maximum absolute atomic E-state index is 12.0. The highest BCUT2D eigenvalue weighted by Gasteiger charge is 2.31. The Balaban J connectivity index is 3.42. The van der Waals surface area contributed by atoms with Gasteiger partial charge in [0.1, 0.15) is 0 Å². The van der Waals surface area contributed by atoms with Crippen molar-refractivity contribution in [3.05, 3.63) is 45.1 Å². The monoisotopic (exact) mass is 288 g/mol. The molecule has 0 spiro atoms. The van der Waals surface area contributed by atoms with E-state index in [9.17, 15) is 4.79 Å². The van der Waals surface area contributed by atoms with Gasteiger partial charge in [0.25, 0.3) is 0 Å². The van der Waals surface area contributed by atoms with E-state index in [2.05, 4.69) is 53.7 Å². The number of hydrogen-bond acceptors (Lipinski definition) is 1. The Hall–Kier alpha value is -1.11. The first-order valence-electron chi connectivity index (χ1n) is 8.09. The molecule has 1 rings (SSSR count). The second-order valence-corrected chi connectivity index (χ2v) is 8.36. The minimum Gasteiger partial charge on any atom is -0.290 e. The third kappa shape index (κ3) is 4.98. The molecule has 0 radical (unpaired) electrons. The zero-order valence-electron chi connectivity index (χ0n) is 15.1. The van der Waals surface area contributed by atoms with E-state index in [0.29, 0.717) is 11.3 Å². The Morgan fingerprint density at radius 3 is 2.05 bits per heavy atom. The van der Waals surface area contributed by atoms with Gasteiger partial charge in [-0.25, -0.2) is 0 Å². The molecule has 0 heterocycles. The van der Waals surface area contributed by atoms with Crippen LogP contribution in [0.4, 0.5) is 0 Å². The Bertz CT molecular complexity index is 547. The van der Waals surface area contributed by atoms with Crippen LogP contribution in [0.3, 0.4) is 0 Å². The van der Waals surface area contributed by atoms with Gasteiger partial charge in [0.05, 0.1) is 0 Å². The van der Waals surface area contributed by atoms with Gasteiger partial charge in [-0.3, -0.25) is 4.79 Å². The van der Waals surface area contributed by atoms with Gasteiger partial charge < -0.3 is 0 Å². The van der Waals surface area contributed by atoms with Crippen LogP contribution >= 0.6 is 0 Å². The molecular formula is C20H32O. The molecule has 0 aliphatic rings. The molecule has 0 amide bonds. The average molecular weight is 288 g/mol. The van der Waals surface area contributed by atoms with Crippen molar-refractivity contribution in [1.29, 1.82) is 0 Å². The zero-order chi connectivity index (χ0) is 16.4. The summed E-state index contributed by atoms with van der Waals surface area (Å²) in [4.78, 5) is 12.0. The lowest BCUT2D eigenvalue weighted by Gasteiger charge is -2.37. The molecule has 118 valence electrons. The summed E-state index contributed by atoms with van der Waals surface area (Å²) in [6.07, 6.45) is 2.31. The summed E-state index contributed by atoms with van der Waals surface area (Å²) in [5.41, 5.74) is 3.85. The lowest BCUT2D eigenvalue weighted by Crippen LogP contribution is -2.25. The first kappa shape index (κ1) is 17.9. The topological polar surface area (TPSA) is 17.1 Å². The second kappa shape index (κ2) is 6.34. The third-order valence-corrected chi connectivity index (χ3v) is 4.69. The second-order valence-electron chi connectivity index (χ2n) is 8.36. The molecule has 1 atom stereocenters. The van der Waals surface area contributed by atoms with Crippen molar-refractivity contribution in [3.8, 4) is 0 Å². The van der Waals surface area contributed by atoms with Gasteiger partial charge >= 0.3 is 0 Å². The van der Waals surface area contributed by atoms with Gasteiger partial charge in [-0.15, -0.1) is 0 Å². The van der Waals surface area contributed by atoms with Crippen LogP contribution in [-0.4, -0.2) is 0 Å². The molecule has 0 fully saturated rings. The van der Waals surface area contributed by atoms with E-state index in [1.54, 1.807) is 6.07 Å². The first-order chi connectivity index (χ1) is 9.46. The molecule has 0 saturated heterocycles. The number of rotatable bonds is 4. The van der Waals surface area contributed by atoms with Gasteiger partial charge in [0.15, 0.2) is 5.43 Å². The van der Waals surface area contributed by atoms with Crippen LogP contribution < -0.4 is 5.43 Å². The standard InChI is InChI=1S/C20H32O/c1-9-20(7,8)13-17(19(4,5)6)16-10-14(2)11-18(21)15(3)12-16/h10-12,17H,9,13H2,1-8H3. The van der Waals surface area contributed by atoms with Crippen molar-refractivity contribution in [1.82, 2.24) is 0 Å². The van der Waals surface area contributed by atoms with Crippen LogP contribution in [0.15, 0.2) is 23.0 Å². The van der Waals surface area contributed by atoms with Crippen molar-refractivity contribution in [3.63, 3.8) is 0 Å². The fourth-order valence-electron chi connectivity index (χ4n) is 2.81. The Morgan fingerprint density at radius 2 is 1.57 bits per heavy atom. The quantitative estimate of drug-likeness (QED) is 0.702. The summed E-state index contributed by atoms with van der Waals surface area (Å²) in [5.74, 6) is 0.455. The predicted octanol–water partition coefficient (Wildman–Crippen LogP) is 5.62. The zero-order valence-corrected chi connectivity index (χ0v) is 15.1. The lowest BCUT2D eigenvalue weighted by molar-refractivity contribution is 0.209. The molecular weight excluding hydrogens is 256 g/mol. The molecule has 0 aromatic heterocycles. The summed E-state index contributed by atoms with van der Waals surface area (Å²) >= 11 is 0. The van der Waals surface area contributed by atoms with E-state index >= 15 is 0 Å². The molecule has 1 aromatic carbocycles. The highest BCUT2D eigenvalue weighted by atomic mass is 16.1. The molecule has 0 bridgehead atoms. The van der Waals surface area contributed by atoms with E-state index in [1.165, 1.54) is 12.0 Å². The van der Waals surface area contributed by atoms with E-state index in [0.717, 1.165) is 17.5 Å². The Labute approximate surface area is 130 Å². The fourth-order valence-corrected chi connectivity index (χ4v) is 2.81. The van der Waals surface area contributed by atoms with Crippen LogP contribution in [-0.2, 0) is 0 Å². The average Bonchev–Trinajstić information content (AvgIpc) is 2.45. The first-order valence-corrected chi connectivity index (χ1v) is 8.09. The van der Waals surface area contributed by atoms with E-state index in [-0.39, 0.29) is 10.8 Å². The summed E-state index contributed by atoms with van der Waals surface area (Å²) in [6, 6.07) is 6.07. The third-order valence-electron chi connectivity index (χ3n) is 4.69. The van der Waals surface area contributed by atoms with Gasteiger partial charge in [-0.05, 0) is 59.8 Å². The number of hydrogen-bond donors (Lipinski definition) is 0. The van der Waals surface area contributed by atoms with Crippen molar-refractivity contribution >= 4 is 0 Å². The minimum atomic E-state index is 0.140. The van der Waals surface area contributed by atoms with Crippen molar-refractivity contribution < 1.29 is 0 Å². The Morgan fingerprint density at radius 1 is 1.00 bits per heavy atom. The van der Waals surface area contributed by atoms with E-state index in [1.807, 2.05) is 13.8 Å². The summed E-state index contributed by atoms with van der Waals surface area (Å²) < 4.78 is 0. The highest BCUT2D eigenvalue weighted by Crippen LogP contribution is 2.44. The molecule has 1 nitrogen and oxygen atoms in total. The normalized spacial score (nSPS) is 14.1. The maximum Gasteiger partial charge on any atom is 0.181 e. The van der Waals surface area contributed by atoms with Crippen LogP contribution in [0.25, 0.3) is 0 Å². The van der Waals surface area contributed by atoms with Crippen molar-refractivity contribution in [2.45, 2.75) is 74.1 Å². The fraction of sp³-hybridized carbons (Fsp3) is 0.650. The minimum absolute atomic E-state index is 0.140. The smallest absolute Gasteiger partial charge is 0.181 e. The largest absolute Gasteiger partial charge is 0.290 e. The van der Waals surface area contributed by atoms with E-state index in [4.69, 9.17) is 0 Å². The van der Waals surface area contributed by atoms with Gasteiger partial charge in [-0.1, -0.05) is 60.1 Å². The SMILES string of the molecule is CCC(C)(C)CC(c1cc(C)cc(=O)c(C)c1)C(C)(C)C. The summed E-state index contributed by atoms with van der Waals surface area (Å²) in [5, 5.41) is 0. The molecule has 0 aliphatic carbocycles. The molecule has 0 saturated carbocycles. The predicted molar refractivity (Wildman–Crippen MR) is 93.1 cm³/mol. The number of aryl methyl sites for hydroxylation is 2. The highest BCUT2D eigenvalue weighted by molar-refractivity contribution is 5.30. The van der Waals surface area contributed by atoms with Gasteiger partial charge in [0.2, 0.25) is 0 Å². The molecule has 21 heavy (non-hydrogen) atoms. The van der Waals surface area contributed by atoms with Crippen LogP contribution in [0.2, 0.25) is 0 Å².